The molecule has 110 valence electrons. The molecule has 1 heterocycles. The summed E-state index contributed by atoms with van der Waals surface area (Å²) in [6.07, 6.45) is 1.17. The van der Waals surface area contributed by atoms with Gasteiger partial charge in [-0.1, -0.05) is 18.2 Å². The highest BCUT2D eigenvalue weighted by atomic mass is 35.5. The molecule has 1 aromatic carbocycles. The van der Waals surface area contributed by atoms with Crippen molar-refractivity contribution < 1.29 is 9.59 Å². The standard InChI is InChI=1S/C14H19N3O2.ClH/c18-13(17-12-4-2-1-3-5-12)7-9-16-14(19)11-6-8-15-10-11;/h1-5,11,15H,6-10H2,(H,16,19)(H,17,18);1H. The second kappa shape index (κ2) is 8.55. The van der Waals surface area contributed by atoms with Gasteiger partial charge in [0, 0.05) is 25.2 Å². The molecule has 1 aromatic rings. The van der Waals surface area contributed by atoms with Gasteiger partial charge < -0.3 is 16.0 Å². The van der Waals surface area contributed by atoms with Gasteiger partial charge in [-0.2, -0.15) is 0 Å². The van der Waals surface area contributed by atoms with Crippen molar-refractivity contribution in [2.24, 2.45) is 5.92 Å². The van der Waals surface area contributed by atoms with Crippen LogP contribution >= 0.6 is 12.4 Å². The number of para-hydroxylation sites is 1. The van der Waals surface area contributed by atoms with E-state index in [1.54, 1.807) is 0 Å². The maximum absolute atomic E-state index is 11.7. The summed E-state index contributed by atoms with van der Waals surface area (Å²) in [6.45, 7) is 2.02. The predicted octanol–water partition coefficient (Wildman–Crippen LogP) is 1.16. The summed E-state index contributed by atoms with van der Waals surface area (Å²) < 4.78 is 0. The van der Waals surface area contributed by atoms with E-state index < -0.39 is 0 Å². The molecule has 1 unspecified atom stereocenters. The molecule has 2 amide bonds. The monoisotopic (exact) mass is 297 g/mol. The van der Waals surface area contributed by atoms with Crippen molar-refractivity contribution in [3.05, 3.63) is 30.3 Å². The molecule has 1 aliphatic rings. The van der Waals surface area contributed by atoms with E-state index in [1.165, 1.54) is 0 Å². The number of anilines is 1. The Labute approximate surface area is 124 Å². The number of amides is 2. The molecule has 6 heteroatoms. The Morgan fingerprint density at radius 1 is 1.25 bits per heavy atom. The van der Waals surface area contributed by atoms with Crippen LogP contribution in [0.25, 0.3) is 0 Å². The molecule has 0 aliphatic carbocycles. The molecule has 1 atom stereocenters. The molecule has 0 aromatic heterocycles. The fraction of sp³-hybridized carbons (Fsp3) is 0.429. The van der Waals surface area contributed by atoms with Crippen LogP contribution in [0, 0.1) is 5.92 Å². The fourth-order valence-electron chi connectivity index (χ4n) is 2.07. The van der Waals surface area contributed by atoms with Gasteiger partial charge >= 0.3 is 0 Å². The molecule has 20 heavy (non-hydrogen) atoms. The quantitative estimate of drug-likeness (QED) is 0.764. The van der Waals surface area contributed by atoms with Crippen LogP contribution < -0.4 is 16.0 Å². The van der Waals surface area contributed by atoms with Gasteiger partial charge in [0.15, 0.2) is 0 Å². The Morgan fingerprint density at radius 3 is 2.65 bits per heavy atom. The van der Waals surface area contributed by atoms with Crippen LogP contribution in [0.2, 0.25) is 0 Å². The van der Waals surface area contributed by atoms with Crippen LogP contribution in [0.4, 0.5) is 5.69 Å². The van der Waals surface area contributed by atoms with E-state index in [1.807, 2.05) is 30.3 Å². The maximum atomic E-state index is 11.7. The smallest absolute Gasteiger partial charge is 0.226 e. The number of nitrogens with one attached hydrogen (secondary N) is 3. The van der Waals surface area contributed by atoms with Crippen molar-refractivity contribution in [1.29, 1.82) is 0 Å². The zero-order valence-electron chi connectivity index (χ0n) is 11.2. The minimum absolute atomic E-state index is 0. The van der Waals surface area contributed by atoms with Crippen molar-refractivity contribution in [2.75, 3.05) is 25.0 Å². The SMILES string of the molecule is Cl.O=C(CCNC(=O)C1CCNC1)Nc1ccccc1. The molecule has 1 fully saturated rings. The van der Waals surface area contributed by atoms with E-state index in [9.17, 15) is 9.59 Å². The van der Waals surface area contributed by atoms with E-state index in [4.69, 9.17) is 0 Å². The second-order valence-electron chi connectivity index (χ2n) is 4.64. The first-order chi connectivity index (χ1) is 9.25. The van der Waals surface area contributed by atoms with Crippen LogP contribution in [0.1, 0.15) is 12.8 Å². The zero-order chi connectivity index (χ0) is 13.5. The molecule has 0 radical (unpaired) electrons. The van der Waals surface area contributed by atoms with Crippen LogP contribution in [-0.4, -0.2) is 31.4 Å². The Kier molecular flexibility index (Phi) is 7.04. The van der Waals surface area contributed by atoms with E-state index in [0.717, 1.165) is 25.2 Å². The highest BCUT2D eigenvalue weighted by Gasteiger charge is 2.21. The van der Waals surface area contributed by atoms with Gasteiger partial charge in [0.25, 0.3) is 0 Å². The lowest BCUT2D eigenvalue weighted by Gasteiger charge is -2.10. The van der Waals surface area contributed by atoms with Crippen molar-refractivity contribution in [3.63, 3.8) is 0 Å². The van der Waals surface area contributed by atoms with Crippen LogP contribution in [-0.2, 0) is 9.59 Å². The Hall–Kier alpha value is -1.59. The minimum Gasteiger partial charge on any atom is -0.355 e. The second-order valence-corrected chi connectivity index (χ2v) is 4.64. The van der Waals surface area contributed by atoms with Gasteiger partial charge in [-0.15, -0.1) is 12.4 Å². The van der Waals surface area contributed by atoms with Crippen LogP contribution in [0.5, 0.6) is 0 Å². The van der Waals surface area contributed by atoms with Gasteiger partial charge in [-0.3, -0.25) is 9.59 Å². The van der Waals surface area contributed by atoms with Crippen molar-refractivity contribution >= 4 is 29.9 Å². The topological polar surface area (TPSA) is 70.2 Å². The third-order valence-corrected chi connectivity index (χ3v) is 3.14. The van der Waals surface area contributed by atoms with E-state index in [-0.39, 0.29) is 30.1 Å². The summed E-state index contributed by atoms with van der Waals surface area (Å²) in [4.78, 5) is 23.3. The molecular formula is C14H20ClN3O2. The highest BCUT2D eigenvalue weighted by molar-refractivity contribution is 5.91. The Bertz CT molecular complexity index is 433. The Morgan fingerprint density at radius 2 is 2.00 bits per heavy atom. The summed E-state index contributed by atoms with van der Waals surface area (Å²) >= 11 is 0. The number of hydrogen-bond acceptors (Lipinski definition) is 3. The van der Waals surface area contributed by atoms with Gasteiger partial charge in [0.2, 0.25) is 11.8 Å². The van der Waals surface area contributed by atoms with E-state index in [2.05, 4.69) is 16.0 Å². The third-order valence-electron chi connectivity index (χ3n) is 3.14. The number of carbonyl (C=O) groups is 2. The average molecular weight is 298 g/mol. The lowest BCUT2D eigenvalue weighted by Crippen LogP contribution is -2.34. The van der Waals surface area contributed by atoms with Gasteiger partial charge in [-0.05, 0) is 25.1 Å². The largest absolute Gasteiger partial charge is 0.355 e. The maximum Gasteiger partial charge on any atom is 0.226 e. The van der Waals surface area contributed by atoms with Crippen molar-refractivity contribution in [1.82, 2.24) is 10.6 Å². The fourth-order valence-corrected chi connectivity index (χ4v) is 2.07. The summed E-state index contributed by atoms with van der Waals surface area (Å²) in [5.74, 6) is 0.00532. The summed E-state index contributed by atoms with van der Waals surface area (Å²) in [5.41, 5.74) is 0.777. The molecule has 1 saturated heterocycles. The first kappa shape index (κ1) is 16.5. The van der Waals surface area contributed by atoms with E-state index in [0.29, 0.717) is 13.0 Å². The molecule has 5 nitrogen and oxygen atoms in total. The van der Waals surface area contributed by atoms with Gasteiger partial charge in [0.05, 0.1) is 5.92 Å². The first-order valence-electron chi connectivity index (χ1n) is 6.59. The lowest BCUT2D eigenvalue weighted by atomic mass is 10.1. The summed E-state index contributed by atoms with van der Waals surface area (Å²) in [5, 5.41) is 8.73. The number of rotatable bonds is 5. The predicted molar refractivity (Wildman–Crippen MR) is 80.9 cm³/mol. The molecule has 2 rings (SSSR count). The van der Waals surface area contributed by atoms with Crippen LogP contribution in [0.3, 0.4) is 0 Å². The Balaban J connectivity index is 0.00000200. The number of halogens is 1. The summed E-state index contributed by atoms with van der Waals surface area (Å²) in [7, 11) is 0. The van der Waals surface area contributed by atoms with Crippen molar-refractivity contribution in [3.8, 4) is 0 Å². The van der Waals surface area contributed by atoms with Crippen LogP contribution in [0.15, 0.2) is 30.3 Å². The van der Waals surface area contributed by atoms with Gasteiger partial charge in [0.1, 0.15) is 0 Å². The average Bonchev–Trinajstić information content (AvgIpc) is 2.93. The lowest BCUT2D eigenvalue weighted by molar-refractivity contribution is -0.124. The molecule has 0 saturated carbocycles. The van der Waals surface area contributed by atoms with E-state index >= 15 is 0 Å². The molecule has 0 bridgehead atoms. The minimum atomic E-state index is -0.0870. The highest BCUT2D eigenvalue weighted by Crippen LogP contribution is 2.07. The first-order valence-corrected chi connectivity index (χ1v) is 6.59. The number of benzene rings is 1. The third kappa shape index (κ3) is 5.19. The molecular weight excluding hydrogens is 278 g/mol. The number of hydrogen-bond donors (Lipinski definition) is 3. The normalized spacial score (nSPS) is 17.1. The zero-order valence-corrected chi connectivity index (χ0v) is 12.0. The molecule has 0 spiro atoms. The molecule has 3 N–H and O–H groups in total. The van der Waals surface area contributed by atoms with Gasteiger partial charge in [-0.25, -0.2) is 0 Å². The number of carbonyl (C=O) groups excluding carboxylic acids is 2. The summed E-state index contributed by atoms with van der Waals surface area (Å²) in [6, 6.07) is 9.29. The molecule has 1 aliphatic heterocycles. The van der Waals surface area contributed by atoms with Crippen molar-refractivity contribution in [2.45, 2.75) is 12.8 Å².